The summed E-state index contributed by atoms with van der Waals surface area (Å²) in [6.07, 6.45) is 2.56. The lowest BCUT2D eigenvalue weighted by Crippen LogP contribution is -2.33. The van der Waals surface area contributed by atoms with E-state index in [2.05, 4.69) is 11.8 Å². The summed E-state index contributed by atoms with van der Waals surface area (Å²) in [6.45, 7) is 7.26. The molecule has 3 nitrogen and oxygen atoms in total. The first kappa shape index (κ1) is 12.7. The van der Waals surface area contributed by atoms with Gasteiger partial charge in [0.25, 0.3) is 5.24 Å². The van der Waals surface area contributed by atoms with Crippen molar-refractivity contribution in [1.29, 1.82) is 0 Å². The smallest absolute Gasteiger partial charge is 0.287 e. The molecular formula is C13H18ClNO2. The third kappa shape index (κ3) is 3.11. The lowest BCUT2D eigenvalue weighted by atomic mass is 10.00. The summed E-state index contributed by atoms with van der Waals surface area (Å²) in [5.41, 5.74) is 1.07. The van der Waals surface area contributed by atoms with Crippen LogP contribution < -0.4 is 0 Å². The second-order valence-electron chi connectivity index (χ2n) is 4.95. The second kappa shape index (κ2) is 5.23. The number of hydrogen-bond acceptors (Lipinski definition) is 3. The fourth-order valence-corrected chi connectivity index (χ4v) is 2.54. The van der Waals surface area contributed by atoms with E-state index in [-0.39, 0.29) is 5.76 Å². The van der Waals surface area contributed by atoms with Gasteiger partial charge in [-0.3, -0.25) is 9.69 Å². The maximum atomic E-state index is 11.0. The van der Waals surface area contributed by atoms with Crippen molar-refractivity contribution < 1.29 is 9.21 Å². The molecule has 1 aliphatic heterocycles. The highest BCUT2D eigenvalue weighted by molar-refractivity contribution is 6.67. The van der Waals surface area contributed by atoms with Gasteiger partial charge in [0.2, 0.25) is 0 Å². The predicted octanol–water partition coefficient (Wildman–Crippen LogP) is 3.20. The topological polar surface area (TPSA) is 33.5 Å². The molecule has 1 unspecified atom stereocenters. The SMILES string of the molecule is Cc1oc(C(=O)Cl)cc1CN1CCCC(C)C1. The molecule has 1 aliphatic rings. The molecule has 0 radical (unpaired) electrons. The van der Waals surface area contributed by atoms with E-state index in [0.29, 0.717) is 0 Å². The summed E-state index contributed by atoms with van der Waals surface area (Å²) >= 11 is 5.41. The Morgan fingerprint density at radius 2 is 2.41 bits per heavy atom. The number of halogens is 1. The average Bonchev–Trinajstić information content (AvgIpc) is 2.61. The maximum Gasteiger partial charge on any atom is 0.287 e. The Hall–Kier alpha value is -0.800. The van der Waals surface area contributed by atoms with Crippen molar-refractivity contribution in [3.8, 4) is 0 Å². The van der Waals surface area contributed by atoms with E-state index in [1.165, 1.54) is 12.8 Å². The number of aryl methyl sites for hydroxylation is 1. The van der Waals surface area contributed by atoms with Crippen LogP contribution in [0.3, 0.4) is 0 Å². The molecule has 1 atom stereocenters. The van der Waals surface area contributed by atoms with Gasteiger partial charge in [0, 0.05) is 18.7 Å². The summed E-state index contributed by atoms with van der Waals surface area (Å²) < 4.78 is 5.34. The van der Waals surface area contributed by atoms with Crippen LogP contribution in [-0.4, -0.2) is 23.2 Å². The average molecular weight is 256 g/mol. The van der Waals surface area contributed by atoms with E-state index in [1.54, 1.807) is 6.07 Å². The minimum Gasteiger partial charge on any atom is -0.457 e. The van der Waals surface area contributed by atoms with E-state index in [1.807, 2.05) is 6.92 Å². The fraction of sp³-hybridized carbons (Fsp3) is 0.615. The second-order valence-corrected chi connectivity index (χ2v) is 5.29. The number of likely N-dealkylation sites (tertiary alicyclic amines) is 1. The Bertz CT molecular complexity index is 414. The minimum absolute atomic E-state index is 0.254. The van der Waals surface area contributed by atoms with Crippen LogP contribution in [0.15, 0.2) is 10.5 Å². The first-order chi connectivity index (χ1) is 8.06. The summed E-state index contributed by atoms with van der Waals surface area (Å²) in [6, 6.07) is 1.77. The number of carbonyl (C=O) groups is 1. The molecule has 0 aromatic carbocycles. The van der Waals surface area contributed by atoms with Crippen molar-refractivity contribution in [3.05, 3.63) is 23.2 Å². The number of nitrogens with zero attached hydrogens (tertiary/aromatic N) is 1. The Balaban J connectivity index is 2.05. The number of furan rings is 1. The fourth-order valence-electron chi connectivity index (χ4n) is 2.44. The van der Waals surface area contributed by atoms with Crippen LogP contribution >= 0.6 is 11.6 Å². The van der Waals surface area contributed by atoms with Gasteiger partial charge in [-0.25, -0.2) is 0 Å². The Labute approximate surface area is 107 Å². The molecule has 1 aromatic heterocycles. The molecule has 1 fully saturated rings. The molecule has 0 bridgehead atoms. The molecule has 0 N–H and O–H groups in total. The van der Waals surface area contributed by atoms with Crippen molar-refractivity contribution in [3.63, 3.8) is 0 Å². The molecule has 0 aliphatic carbocycles. The van der Waals surface area contributed by atoms with Crippen LogP contribution in [0.5, 0.6) is 0 Å². The van der Waals surface area contributed by atoms with Crippen LogP contribution in [0.25, 0.3) is 0 Å². The highest BCUT2D eigenvalue weighted by Gasteiger charge is 2.19. The first-order valence-electron chi connectivity index (χ1n) is 6.07. The molecule has 2 heterocycles. The molecular weight excluding hydrogens is 238 g/mol. The highest BCUT2D eigenvalue weighted by atomic mass is 35.5. The molecule has 0 amide bonds. The van der Waals surface area contributed by atoms with Gasteiger partial charge in [-0.2, -0.15) is 0 Å². The zero-order valence-electron chi connectivity index (χ0n) is 10.3. The molecule has 2 rings (SSSR count). The molecule has 1 saturated heterocycles. The molecule has 0 spiro atoms. The van der Waals surface area contributed by atoms with E-state index < -0.39 is 5.24 Å². The van der Waals surface area contributed by atoms with Crippen molar-refractivity contribution in [2.75, 3.05) is 13.1 Å². The standard InChI is InChI=1S/C13H18ClNO2/c1-9-4-3-5-15(7-9)8-11-6-12(13(14)16)17-10(11)2/h6,9H,3-5,7-8H2,1-2H3. The number of carbonyl (C=O) groups excluding carboxylic acids is 1. The highest BCUT2D eigenvalue weighted by Crippen LogP contribution is 2.22. The lowest BCUT2D eigenvalue weighted by Gasteiger charge is -2.30. The Kier molecular flexibility index (Phi) is 3.89. The lowest BCUT2D eigenvalue weighted by molar-refractivity contribution is 0.105. The predicted molar refractivity (Wildman–Crippen MR) is 67.3 cm³/mol. The zero-order chi connectivity index (χ0) is 12.4. The Morgan fingerprint density at radius 3 is 3.00 bits per heavy atom. The molecule has 94 valence electrons. The number of piperidine rings is 1. The van der Waals surface area contributed by atoms with Gasteiger partial charge in [-0.15, -0.1) is 0 Å². The van der Waals surface area contributed by atoms with Crippen molar-refractivity contribution in [2.45, 2.75) is 33.2 Å². The number of rotatable bonds is 3. The maximum absolute atomic E-state index is 11.0. The van der Waals surface area contributed by atoms with Crippen molar-refractivity contribution >= 4 is 16.8 Å². The van der Waals surface area contributed by atoms with Gasteiger partial charge in [0.05, 0.1) is 0 Å². The summed E-state index contributed by atoms with van der Waals surface area (Å²) in [4.78, 5) is 13.4. The first-order valence-corrected chi connectivity index (χ1v) is 6.45. The van der Waals surface area contributed by atoms with Gasteiger partial charge in [-0.1, -0.05) is 6.92 Å². The third-order valence-corrected chi connectivity index (χ3v) is 3.54. The van der Waals surface area contributed by atoms with E-state index >= 15 is 0 Å². The number of hydrogen-bond donors (Lipinski definition) is 0. The van der Waals surface area contributed by atoms with E-state index in [9.17, 15) is 4.79 Å². The van der Waals surface area contributed by atoms with Gasteiger partial charge in [0.15, 0.2) is 5.76 Å². The van der Waals surface area contributed by atoms with Gasteiger partial charge >= 0.3 is 0 Å². The summed E-state index contributed by atoms with van der Waals surface area (Å²) in [7, 11) is 0. The minimum atomic E-state index is -0.522. The normalized spacial score (nSPS) is 21.7. The van der Waals surface area contributed by atoms with Crippen molar-refractivity contribution in [2.24, 2.45) is 5.92 Å². The van der Waals surface area contributed by atoms with Crippen molar-refractivity contribution in [1.82, 2.24) is 4.90 Å². The van der Waals surface area contributed by atoms with Crippen LogP contribution in [0.2, 0.25) is 0 Å². The van der Waals surface area contributed by atoms with Crippen LogP contribution in [0, 0.1) is 12.8 Å². The third-order valence-electron chi connectivity index (χ3n) is 3.35. The molecule has 17 heavy (non-hydrogen) atoms. The van der Waals surface area contributed by atoms with Crippen LogP contribution in [0.1, 0.15) is 41.6 Å². The van der Waals surface area contributed by atoms with Gasteiger partial charge in [0.1, 0.15) is 5.76 Å². The monoisotopic (exact) mass is 255 g/mol. The summed E-state index contributed by atoms with van der Waals surface area (Å²) in [5.74, 6) is 1.81. The molecule has 0 saturated carbocycles. The molecule has 4 heteroatoms. The Morgan fingerprint density at radius 1 is 1.65 bits per heavy atom. The molecule has 1 aromatic rings. The van der Waals surface area contributed by atoms with Crippen LogP contribution in [-0.2, 0) is 6.54 Å². The van der Waals surface area contributed by atoms with E-state index in [0.717, 1.165) is 36.9 Å². The van der Waals surface area contributed by atoms with Crippen LogP contribution in [0.4, 0.5) is 0 Å². The van der Waals surface area contributed by atoms with Gasteiger partial charge in [-0.05, 0) is 49.9 Å². The quantitative estimate of drug-likeness (QED) is 0.778. The summed E-state index contributed by atoms with van der Waals surface area (Å²) in [5, 5.41) is -0.522. The largest absolute Gasteiger partial charge is 0.457 e. The zero-order valence-corrected chi connectivity index (χ0v) is 11.1. The van der Waals surface area contributed by atoms with Gasteiger partial charge < -0.3 is 4.42 Å². The van der Waals surface area contributed by atoms with E-state index in [4.69, 9.17) is 16.0 Å².